The molecule has 5 rings (SSSR count). The number of aromatic nitrogens is 2. The maximum Gasteiger partial charge on any atom is 0.268 e. The van der Waals surface area contributed by atoms with Crippen LogP contribution in [-0.2, 0) is 4.79 Å². The molecule has 36 heavy (non-hydrogen) atoms. The minimum absolute atomic E-state index is 0.0165. The first-order valence-corrected chi connectivity index (χ1v) is 11.9. The van der Waals surface area contributed by atoms with E-state index in [1.807, 2.05) is 6.07 Å². The second kappa shape index (κ2) is 8.89. The molecule has 0 radical (unpaired) electrons. The summed E-state index contributed by atoms with van der Waals surface area (Å²) in [5.41, 5.74) is 5.18. The lowest BCUT2D eigenvalue weighted by molar-refractivity contribution is -0.126. The van der Waals surface area contributed by atoms with Crippen molar-refractivity contribution in [2.75, 3.05) is 36.8 Å². The van der Waals surface area contributed by atoms with E-state index < -0.39 is 17.2 Å². The van der Waals surface area contributed by atoms with E-state index in [0.29, 0.717) is 26.2 Å². The first-order valence-electron chi connectivity index (χ1n) is 10.7. The Morgan fingerprint density at radius 2 is 2.03 bits per heavy atom. The number of pyridine rings is 1. The molecule has 0 aliphatic carbocycles. The standard InChI is InChI=1S/C24H17ClF2N6O2S/c1-2-16(34)32-5-7-33(8-6-32)21-12-9-14(25)17(18(27)19(12)30-23(35)13(21)10-28)11-3-4-15(26)22-20(11)31-24(29)36-22/h2-4,9H,1,5-8H2,(H2,29,31)(H,30,35). The van der Waals surface area contributed by atoms with E-state index in [4.69, 9.17) is 17.3 Å². The summed E-state index contributed by atoms with van der Waals surface area (Å²) >= 11 is 7.50. The number of hydrogen-bond donors (Lipinski definition) is 2. The summed E-state index contributed by atoms with van der Waals surface area (Å²) in [6.45, 7) is 4.77. The third-order valence-corrected chi connectivity index (χ3v) is 7.34. The van der Waals surface area contributed by atoms with Gasteiger partial charge in [0.05, 0.1) is 26.4 Å². The molecule has 1 saturated heterocycles. The molecular weight excluding hydrogens is 510 g/mol. The molecule has 1 fully saturated rings. The molecule has 182 valence electrons. The van der Waals surface area contributed by atoms with Crippen molar-refractivity contribution in [1.82, 2.24) is 14.9 Å². The van der Waals surface area contributed by atoms with Gasteiger partial charge in [-0.05, 0) is 24.3 Å². The number of nitrogens with zero attached hydrogens (tertiary/aromatic N) is 4. The number of halogens is 3. The quantitative estimate of drug-likeness (QED) is 0.389. The summed E-state index contributed by atoms with van der Waals surface area (Å²) in [6, 6.07) is 5.90. The number of benzene rings is 2. The van der Waals surface area contributed by atoms with E-state index in [0.717, 1.165) is 11.3 Å². The summed E-state index contributed by atoms with van der Waals surface area (Å²) in [6.07, 6.45) is 1.22. The number of nitrogens with one attached hydrogen (secondary N) is 1. The van der Waals surface area contributed by atoms with Crippen LogP contribution in [0.5, 0.6) is 0 Å². The highest BCUT2D eigenvalue weighted by Crippen LogP contribution is 2.42. The van der Waals surface area contributed by atoms with E-state index in [1.165, 1.54) is 24.3 Å². The molecule has 0 spiro atoms. The van der Waals surface area contributed by atoms with Crippen molar-refractivity contribution in [3.05, 3.63) is 63.4 Å². The minimum Gasteiger partial charge on any atom is -0.375 e. The summed E-state index contributed by atoms with van der Waals surface area (Å²) in [7, 11) is 0. The lowest BCUT2D eigenvalue weighted by atomic mass is 9.99. The monoisotopic (exact) mass is 526 g/mol. The molecule has 4 aromatic rings. The van der Waals surface area contributed by atoms with Gasteiger partial charge in [-0.2, -0.15) is 5.26 Å². The van der Waals surface area contributed by atoms with E-state index in [9.17, 15) is 19.2 Å². The lowest BCUT2D eigenvalue weighted by Gasteiger charge is -2.36. The van der Waals surface area contributed by atoms with Crippen LogP contribution in [0.2, 0.25) is 5.02 Å². The number of piperazine rings is 1. The average molecular weight is 527 g/mol. The van der Waals surface area contributed by atoms with Gasteiger partial charge in [0.15, 0.2) is 10.9 Å². The van der Waals surface area contributed by atoms with Crippen LogP contribution in [0.1, 0.15) is 5.56 Å². The van der Waals surface area contributed by atoms with Crippen molar-refractivity contribution in [2.24, 2.45) is 0 Å². The summed E-state index contributed by atoms with van der Waals surface area (Å²) in [4.78, 5) is 34.7. The average Bonchev–Trinajstić information content (AvgIpc) is 3.27. The second-order valence-corrected chi connectivity index (χ2v) is 9.54. The van der Waals surface area contributed by atoms with Gasteiger partial charge in [-0.25, -0.2) is 13.8 Å². The van der Waals surface area contributed by atoms with Crippen LogP contribution in [0.3, 0.4) is 0 Å². The second-order valence-electron chi connectivity index (χ2n) is 8.10. The number of nitrogen functional groups attached to an aromatic ring is 1. The molecule has 12 heteroatoms. The Labute approximate surface area is 211 Å². The number of fused-ring (bicyclic) bond motifs is 2. The maximum absolute atomic E-state index is 16.1. The molecule has 0 atom stereocenters. The van der Waals surface area contributed by atoms with Gasteiger partial charge in [-0.15, -0.1) is 0 Å². The summed E-state index contributed by atoms with van der Waals surface area (Å²) in [5.74, 6) is -1.62. The Hall–Kier alpha value is -4.01. The zero-order valence-electron chi connectivity index (χ0n) is 18.6. The molecule has 3 N–H and O–H groups in total. The number of hydrogen-bond acceptors (Lipinski definition) is 7. The molecule has 8 nitrogen and oxygen atoms in total. The van der Waals surface area contributed by atoms with Gasteiger partial charge in [0, 0.05) is 42.7 Å². The molecule has 1 aliphatic heterocycles. The summed E-state index contributed by atoms with van der Waals surface area (Å²) in [5, 5.41) is 10.1. The van der Waals surface area contributed by atoms with Crippen molar-refractivity contribution in [2.45, 2.75) is 0 Å². The minimum atomic E-state index is -0.847. The molecular formula is C24H17ClF2N6O2S. The fraction of sp³-hybridized carbons (Fsp3) is 0.167. The SMILES string of the molecule is C=CC(=O)N1CCN(c2c(C#N)c(=O)[nH]c3c(F)c(-c4ccc(F)c5sc(N)nc45)c(Cl)cc23)CC1. The third-order valence-electron chi connectivity index (χ3n) is 6.15. The predicted octanol–water partition coefficient (Wildman–Crippen LogP) is 4.02. The van der Waals surface area contributed by atoms with Crippen LogP contribution in [0.4, 0.5) is 19.6 Å². The third kappa shape index (κ3) is 3.66. The van der Waals surface area contributed by atoms with Crippen molar-refractivity contribution in [3.63, 3.8) is 0 Å². The van der Waals surface area contributed by atoms with Gasteiger partial charge in [0.1, 0.15) is 17.4 Å². The van der Waals surface area contributed by atoms with Crippen LogP contribution >= 0.6 is 22.9 Å². The molecule has 1 amide bonds. The van der Waals surface area contributed by atoms with Gasteiger partial charge in [-0.1, -0.05) is 29.5 Å². The number of aromatic amines is 1. The van der Waals surface area contributed by atoms with Crippen LogP contribution in [0, 0.1) is 23.0 Å². The van der Waals surface area contributed by atoms with Gasteiger partial charge in [0.2, 0.25) is 5.91 Å². The molecule has 2 aromatic carbocycles. The maximum atomic E-state index is 16.1. The van der Waals surface area contributed by atoms with Gasteiger partial charge < -0.3 is 20.5 Å². The highest BCUT2D eigenvalue weighted by atomic mass is 35.5. The molecule has 0 saturated carbocycles. The van der Waals surface area contributed by atoms with E-state index >= 15 is 4.39 Å². The number of rotatable bonds is 3. The fourth-order valence-electron chi connectivity index (χ4n) is 4.50. The van der Waals surface area contributed by atoms with Crippen molar-refractivity contribution >= 4 is 60.8 Å². The number of carbonyl (C=O) groups excluding carboxylic acids is 1. The Balaban J connectivity index is 1.72. The number of amides is 1. The van der Waals surface area contributed by atoms with Crippen molar-refractivity contribution in [3.8, 4) is 17.2 Å². The topological polar surface area (TPSA) is 119 Å². The zero-order chi connectivity index (χ0) is 25.7. The first-order chi connectivity index (χ1) is 17.2. The van der Waals surface area contributed by atoms with E-state index in [1.54, 1.807) is 9.80 Å². The van der Waals surface area contributed by atoms with Crippen LogP contribution in [0.15, 0.2) is 35.6 Å². The number of nitrogens with two attached hydrogens (primary N) is 1. The molecule has 3 heterocycles. The van der Waals surface area contributed by atoms with Crippen LogP contribution in [-0.4, -0.2) is 47.0 Å². The number of nitriles is 1. The molecule has 1 aliphatic rings. The van der Waals surface area contributed by atoms with Crippen LogP contribution in [0.25, 0.3) is 32.2 Å². The fourth-order valence-corrected chi connectivity index (χ4v) is 5.56. The Kier molecular flexibility index (Phi) is 5.86. The number of carbonyl (C=O) groups is 1. The zero-order valence-corrected chi connectivity index (χ0v) is 20.1. The first kappa shape index (κ1) is 23.7. The number of thiazole rings is 1. The molecule has 0 bridgehead atoms. The Morgan fingerprint density at radius 1 is 1.31 bits per heavy atom. The van der Waals surface area contributed by atoms with Gasteiger partial charge in [-0.3, -0.25) is 9.59 Å². The van der Waals surface area contributed by atoms with E-state index in [-0.39, 0.29) is 59.6 Å². The number of anilines is 2. The van der Waals surface area contributed by atoms with Crippen molar-refractivity contribution < 1.29 is 13.6 Å². The Bertz CT molecular complexity index is 1680. The van der Waals surface area contributed by atoms with Crippen LogP contribution < -0.4 is 16.2 Å². The van der Waals surface area contributed by atoms with Gasteiger partial charge in [0.25, 0.3) is 5.56 Å². The Morgan fingerprint density at radius 3 is 2.69 bits per heavy atom. The smallest absolute Gasteiger partial charge is 0.268 e. The largest absolute Gasteiger partial charge is 0.375 e. The van der Waals surface area contributed by atoms with Crippen molar-refractivity contribution in [1.29, 1.82) is 5.26 Å². The number of H-pyrrole nitrogens is 1. The predicted molar refractivity (Wildman–Crippen MR) is 136 cm³/mol. The van der Waals surface area contributed by atoms with Gasteiger partial charge >= 0.3 is 0 Å². The summed E-state index contributed by atoms with van der Waals surface area (Å²) < 4.78 is 30.5. The lowest BCUT2D eigenvalue weighted by Crippen LogP contribution is -2.48. The highest BCUT2D eigenvalue weighted by molar-refractivity contribution is 7.22. The molecule has 2 aromatic heterocycles. The normalized spacial score (nSPS) is 13.8. The van der Waals surface area contributed by atoms with E-state index in [2.05, 4.69) is 16.5 Å². The molecule has 0 unspecified atom stereocenters. The highest BCUT2D eigenvalue weighted by Gasteiger charge is 2.28.